The van der Waals surface area contributed by atoms with Gasteiger partial charge in [0.2, 0.25) is 0 Å². The molecule has 1 aliphatic carbocycles. The van der Waals surface area contributed by atoms with Crippen molar-refractivity contribution >= 4 is 5.82 Å². The van der Waals surface area contributed by atoms with Crippen LogP contribution in [0.4, 0.5) is 5.82 Å². The lowest BCUT2D eigenvalue weighted by Gasteiger charge is -2.17. The van der Waals surface area contributed by atoms with Crippen LogP contribution in [0.25, 0.3) is 0 Å². The lowest BCUT2D eigenvalue weighted by Crippen LogP contribution is -2.11. The van der Waals surface area contributed by atoms with E-state index in [9.17, 15) is 0 Å². The highest BCUT2D eigenvalue weighted by molar-refractivity contribution is 5.46. The second kappa shape index (κ2) is 3.73. The minimum atomic E-state index is 0.934. The second-order valence-electron chi connectivity index (χ2n) is 3.38. The van der Waals surface area contributed by atoms with Crippen LogP contribution >= 0.6 is 0 Å². The van der Waals surface area contributed by atoms with E-state index in [1.54, 1.807) is 6.33 Å². The SMILES string of the molecule is CCNc1ncnc2c1CCCC2. The van der Waals surface area contributed by atoms with Crippen LogP contribution in [-0.2, 0) is 12.8 Å². The second-order valence-corrected chi connectivity index (χ2v) is 3.38. The number of aromatic nitrogens is 2. The van der Waals surface area contributed by atoms with Gasteiger partial charge in [-0.2, -0.15) is 0 Å². The normalized spacial score (nSPS) is 15.2. The standard InChI is InChI=1S/C10H15N3/c1-2-11-10-8-5-3-4-6-9(8)12-7-13-10/h7H,2-6H2,1H3,(H,11,12,13). The summed E-state index contributed by atoms with van der Waals surface area (Å²) in [5.74, 6) is 1.05. The fraction of sp³-hybridized carbons (Fsp3) is 0.600. The topological polar surface area (TPSA) is 37.8 Å². The summed E-state index contributed by atoms with van der Waals surface area (Å²) in [5, 5.41) is 3.28. The molecule has 0 aromatic carbocycles. The molecule has 0 bridgehead atoms. The molecule has 0 saturated carbocycles. The number of hydrogen-bond donors (Lipinski definition) is 1. The third-order valence-electron chi connectivity index (χ3n) is 2.47. The Kier molecular flexibility index (Phi) is 2.43. The van der Waals surface area contributed by atoms with Crippen LogP contribution in [0.2, 0.25) is 0 Å². The Morgan fingerprint density at radius 3 is 3.00 bits per heavy atom. The van der Waals surface area contributed by atoms with E-state index in [2.05, 4.69) is 22.2 Å². The first-order valence-electron chi connectivity index (χ1n) is 4.98. The van der Waals surface area contributed by atoms with E-state index < -0.39 is 0 Å². The van der Waals surface area contributed by atoms with Gasteiger partial charge in [0.05, 0.1) is 0 Å². The summed E-state index contributed by atoms with van der Waals surface area (Å²) < 4.78 is 0. The highest BCUT2D eigenvalue weighted by Gasteiger charge is 2.14. The molecular weight excluding hydrogens is 162 g/mol. The predicted octanol–water partition coefficient (Wildman–Crippen LogP) is 1.79. The number of aryl methyl sites for hydroxylation is 1. The van der Waals surface area contributed by atoms with Gasteiger partial charge in [0.15, 0.2) is 0 Å². The Morgan fingerprint density at radius 1 is 1.31 bits per heavy atom. The molecule has 1 aromatic rings. The maximum Gasteiger partial charge on any atom is 0.132 e. The molecule has 1 aliphatic rings. The molecule has 0 saturated heterocycles. The molecule has 0 atom stereocenters. The maximum atomic E-state index is 4.31. The van der Waals surface area contributed by atoms with Crippen molar-refractivity contribution in [3.8, 4) is 0 Å². The zero-order chi connectivity index (χ0) is 9.10. The molecule has 3 heteroatoms. The van der Waals surface area contributed by atoms with Gasteiger partial charge in [-0.15, -0.1) is 0 Å². The number of fused-ring (bicyclic) bond motifs is 1. The van der Waals surface area contributed by atoms with E-state index in [0.717, 1.165) is 25.2 Å². The van der Waals surface area contributed by atoms with Gasteiger partial charge in [0.25, 0.3) is 0 Å². The van der Waals surface area contributed by atoms with Gasteiger partial charge in [-0.05, 0) is 32.6 Å². The third kappa shape index (κ3) is 1.64. The Morgan fingerprint density at radius 2 is 2.15 bits per heavy atom. The summed E-state index contributed by atoms with van der Waals surface area (Å²) in [5.41, 5.74) is 2.59. The molecule has 2 rings (SSSR count). The van der Waals surface area contributed by atoms with Crippen molar-refractivity contribution in [2.24, 2.45) is 0 Å². The van der Waals surface area contributed by atoms with Crippen LogP contribution in [0.1, 0.15) is 31.0 Å². The fourth-order valence-electron chi connectivity index (χ4n) is 1.84. The Balaban J connectivity index is 2.34. The van der Waals surface area contributed by atoms with Crippen LogP contribution in [-0.4, -0.2) is 16.5 Å². The van der Waals surface area contributed by atoms with Crippen molar-refractivity contribution in [1.29, 1.82) is 0 Å². The molecular formula is C10H15N3. The zero-order valence-corrected chi connectivity index (χ0v) is 8.01. The smallest absolute Gasteiger partial charge is 0.132 e. The van der Waals surface area contributed by atoms with Gasteiger partial charge in [0, 0.05) is 17.8 Å². The van der Waals surface area contributed by atoms with E-state index in [0.29, 0.717) is 0 Å². The van der Waals surface area contributed by atoms with E-state index in [1.165, 1.54) is 24.1 Å². The van der Waals surface area contributed by atoms with E-state index in [1.807, 2.05) is 0 Å². The number of nitrogens with zero attached hydrogens (tertiary/aromatic N) is 2. The molecule has 0 spiro atoms. The first-order valence-corrected chi connectivity index (χ1v) is 4.98. The van der Waals surface area contributed by atoms with E-state index in [-0.39, 0.29) is 0 Å². The van der Waals surface area contributed by atoms with Gasteiger partial charge >= 0.3 is 0 Å². The average Bonchev–Trinajstić information content (AvgIpc) is 2.19. The Bertz CT molecular complexity index is 296. The molecule has 1 heterocycles. The largest absolute Gasteiger partial charge is 0.370 e. The highest BCUT2D eigenvalue weighted by atomic mass is 15.0. The number of rotatable bonds is 2. The lowest BCUT2D eigenvalue weighted by molar-refractivity contribution is 0.663. The Labute approximate surface area is 78.6 Å². The summed E-state index contributed by atoms with van der Waals surface area (Å²) in [6, 6.07) is 0. The van der Waals surface area contributed by atoms with Crippen molar-refractivity contribution in [1.82, 2.24) is 9.97 Å². The monoisotopic (exact) mass is 177 g/mol. The van der Waals surface area contributed by atoms with E-state index >= 15 is 0 Å². The van der Waals surface area contributed by atoms with E-state index in [4.69, 9.17) is 0 Å². The number of anilines is 1. The summed E-state index contributed by atoms with van der Waals surface area (Å²) >= 11 is 0. The van der Waals surface area contributed by atoms with Gasteiger partial charge in [0.1, 0.15) is 12.1 Å². The first-order chi connectivity index (χ1) is 6.42. The summed E-state index contributed by atoms with van der Waals surface area (Å²) in [6.45, 7) is 3.03. The Hall–Kier alpha value is -1.12. The third-order valence-corrected chi connectivity index (χ3v) is 2.47. The first kappa shape index (κ1) is 8.48. The van der Waals surface area contributed by atoms with Gasteiger partial charge in [-0.1, -0.05) is 0 Å². The predicted molar refractivity (Wildman–Crippen MR) is 52.8 cm³/mol. The van der Waals surface area contributed by atoms with Crippen molar-refractivity contribution in [2.75, 3.05) is 11.9 Å². The lowest BCUT2D eigenvalue weighted by atomic mass is 9.96. The molecule has 0 amide bonds. The van der Waals surface area contributed by atoms with Gasteiger partial charge < -0.3 is 5.32 Å². The minimum Gasteiger partial charge on any atom is -0.370 e. The van der Waals surface area contributed by atoms with Crippen molar-refractivity contribution < 1.29 is 0 Å². The minimum absolute atomic E-state index is 0.934. The maximum absolute atomic E-state index is 4.31. The van der Waals surface area contributed by atoms with Crippen LogP contribution in [0.3, 0.4) is 0 Å². The number of hydrogen-bond acceptors (Lipinski definition) is 3. The van der Waals surface area contributed by atoms with Gasteiger partial charge in [-0.3, -0.25) is 0 Å². The average molecular weight is 177 g/mol. The highest BCUT2D eigenvalue weighted by Crippen LogP contribution is 2.23. The van der Waals surface area contributed by atoms with Crippen molar-refractivity contribution in [2.45, 2.75) is 32.6 Å². The summed E-state index contributed by atoms with van der Waals surface area (Å²) in [4.78, 5) is 8.57. The van der Waals surface area contributed by atoms with Gasteiger partial charge in [-0.25, -0.2) is 9.97 Å². The molecule has 1 aromatic heterocycles. The fourth-order valence-corrected chi connectivity index (χ4v) is 1.84. The molecule has 0 aliphatic heterocycles. The molecule has 1 N–H and O–H groups in total. The molecule has 0 fully saturated rings. The van der Waals surface area contributed by atoms with Crippen LogP contribution in [0.15, 0.2) is 6.33 Å². The molecule has 13 heavy (non-hydrogen) atoms. The zero-order valence-electron chi connectivity index (χ0n) is 8.01. The van der Waals surface area contributed by atoms with Crippen molar-refractivity contribution in [3.63, 3.8) is 0 Å². The molecule has 70 valence electrons. The number of nitrogens with one attached hydrogen (secondary N) is 1. The molecule has 0 unspecified atom stereocenters. The molecule has 0 radical (unpaired) electrons. The summed E-state index contributed by atoms with van der Waals surface area (Å²) in [7, 11) is 0. The van der Waals surface area contributed by atoms with Crippen LogP contribution in [0.5, 0.6) is 0 Å². The van der Waals surface area contributed by atoms with Crippen molar-refractivity contribution in [3.05, 3.63) is 17.6 Å². The van der Waals surface area contributed by atoms with Crippen LogP contribution in [0, 0.1) is 0 Å². The summed E-state index contributed by atoms with van der Waals surface area (Å²) in [6.07, 6.45) is 6.48. The van der Waals surface area contributed by atoms with Crippen LogP contribution < -0.4 is 5.32 Å². The molecule has 3 nitrogen and oxygen atoms in total. The quantitative estimate of drug-likeness (QED) is 0.748.